The molecule has 5 nitrogen and oxygen atoms in total. The van der Waals surface area contributed by atoms with Crippen molar-refractivity contribution in [2.45, 2.75) is 12.5 Å². The summed E-state index contributed by atoms with van der Waals surface area (Å²) in [6.45, 7) is 0. The van der Waals surface area contributed by atoms with E-state index in [-0.39, 0.29) is 18.3 Å². The van der Waals surface area contributed by atoms with E-state index in [1.54, 1.807) is 16.7 Å². The van der Waals surface area contributed by atoms with Crippen LogP contribution in [0.2, 0.25) is 0 Å². The lowest BCUT2D eigenvalue weighted by Gasteiger charge is -2.15. The van der Waals surface area contributed by atoms with Gasteiger partial charge in [0.25, 0.3) is 5.91 Å². The van der Waals surface area contributed by atoms with Crippen LogP contribution in [0.3, 0.4) is 0 Å². The quantitative estimate of drug-likeness (QED) is 0.659. The van der Waals surface area contributed by atoms with Crippen LogP contribution in [0.5, 0.6) is 0 Å². The Morgan fingerprint density at radius 1 is 1.21 bits per heavy atom. The molecule has 3 aromatic rings. The van der Waals surface area contributed by atoms with E-state index in [2.05, 4.69) is 10.3 Å². The van der Waals surface area contributed by atoms with Crippen LogP contribution in [0.1, 0.15) is 27.8 Å². The molecule has 1 atom stereocenters. The smallest absolute Gasteiger partial charge is 0.307 e. The van der Waals surface area contributed by atoms with Crippen molar-refractivity contribution < 1.29 is 14.3 Å². The van der Waals surface area contributed by atoms with Gasteiger partial charge in [-0.3, -0.25) is 9.59 Å². The molecule has 0 aliphatic carbocycles. The Kier molecular flexibility index (Phi) is 5.39. The number of amides is 1. The Labute approximate surface area is 150 Å². The van der Waals surface area contributed by atoms with Crippen molar-refractivity contribution in [1.82, 2.24) is 10.3 Å². The first-order valence-corrected chi connectivity index (χ1v) is 9.71. The molecule has 8 heteroatoms. The van der Waals surface area contributed by atoms with Crippen molar-refractivity contribution in [2.75, 3.05) is 7.11 Å². The molecule has 1 amide bonds. The number of nitrogens with zero attached hydrogens (tertiary/aromatic N) is 1. The third-order valence-corrected chi connectivity index (χ3v) is 6.13. The van der Waals surface area contributed by atoms with Crippen LogP contribution < -0.4 is 5.32 Å². The van der Waals surface area contributed by atoms with Crippen LogP contribution in [-0.2, 0) is 9.53 Å². The number of carbonyl (C=O) groups is 2. The predicted molar refractivity (Wildman–Crippen MR) is 96.6 cm³/mol. The largest absolute Gasteiger partial charge is 0.469 e. The molecule has 0 aliphatic heterocycles. The first kappa shape index (κ1) is 16.8. The Bertz CT molecular complexity index is 810. The number of esters is 1. The zero-order valence-corrected chi connectivity index (χ0v) is 15.2. The van der Waals surface area contributed by atoms with E-state index in [1.165, 1.54) is 29.8 Å². The Hall–Kier alpha value is -2.03. The number of hydrogen-bond acceptors (Lipinski definition) is 7. The molecule has 3 aromatic heterocycles. The topological polar surface area (TPSA) is 68.3 Å². The van der Waals surface area contributed by atoms with Crippen LogP contribution in [0.25, 0.3) is 9.88 Å². The maximum Gasteiger partial charge on any atom is 0.307 e. The number of rotatable bonds is 6. The SMILES string of the molecule is COC(=O)CC(NC(=O)c1csc(-c2cccs2)n1)c1cccs1. The second-order valence-electron chi connectivity index (χ2n) is 4.84. The summed E-state index contributed by atoms with van der Waals surface area (Å²) in [4.78, 5) is 30.4. The highest BCUT2D eigenvalue weighted by Gasteiger charge is 2.22. The molecular formula is C16H14N2O3S3. The summed E-state index contributed by atoms with van der Waals surface area (Å²) in [6.07, 6.45) is 0.0880. The molecule has 0 spiro atoms. The molecule has 124 valence electrons. The third-order valence-electron chi connectivity index (χ3n) is 3.26. The highest BCUT2D eigenvalue weighted by atomic mass is 32.1. The number of carbonyl (C=O) groups excluding carboxylic acids is 2. The summed E-state index contributed by atoms with van der Waals surface area (Å²) >= 11 is 4.49. The first-order chi connectivity index (χ1) is 11.7. The number of hydrogen-bond donors (Lipinski definition) is 1. The zero-order chi connectivity index (χ0) is 16.9. The van der Waals surface area contributed by atoms with Crippen LogP contribution in [0, 0.1) is 0 Å². The molecule has 0 aromatic carbocycles. The zero-order valence-electron chi connectivity index (χ0n) is 12.7. The molecule has 3 rings (SSSR count). The van der Waals surface area contributed by atoms with Crippen LogP contribution in [-0.4, -0.2) is 24.0 Å². The summed E-state index contributed by atoms with van der Waals surface area (Å²) in [5, 5.41) is 9.30. The number of thiazole rings is 1. The van der Waals surface area contributed by atoms with Crippen molar-refractivity contribution in [1.29, 1.82) is 0 Å². The lowest BCUT2D eigenvalue weighted by atomic mass is 10.1. The summed E-state index contributed by atoms with van der Waals surface area (Å²) in [7, 11) is 1.34. The van der Waals surface area contributed by atoms with Crippen molar-refractivity contribution in [3.63, 3.8) is 0 Å². The van der Waals surface area contributed by atoms with Crippen molar-refractivity contribution >= 4 is 45.9 Å². The summed E-state index contributed by atoms with van der Waals surface area (Å²) < 4.78 is 4.72. The first-order valence-electron chi connectivity index (χ1n) is 7.08. The van der Waals surface area contributed by atoms with E-state index in [1.807, 2.05) is 35.0 Å². The van der Waals surface area contributed by atoms with Gasteiger partial charge in [0.2, 0.25) is 0 Å². The number of aromatic nitrogens is 1. The molecule has 24 heavy (non-hydrogen) atoms. The fourth-order valence-corrected chi connectivity index (χ4v) is 4.48. The Morgan fingerprint density at radius 2 is 2.00 bits per heavy atom. The molecule has 0 saturated heterocycles. The van der Waals surface area contributed by atoms with E-state index in [4.69, 9.17) is 4.74 Å². The number of ether oxygens (including phenoxy) is 1. The van der Waals surface area contributed by atoms with Gasteiger partial charge in [-0.1, -0.05) is 12.1 Å². The van der Waals surface area contributed by atoms with Gasteiger partial charge >= 0.3 is 5.97 Å². The molecule has 0 fully saturated rings. The Balaban J connectivity index is 1.74. The van der Waals surface area contributed by atoms with Crippen LogP contribution >= 0.6 is 34.0 Å². The molecule has 1 N–H and O–H groups in total. The summed E-state index contributed by atoms with van der Waals surface area (Å²) in [6, 6.07) is 7.27. The highest BCUT2D eigenvalue weighted by Crippen LogP contribution is 2.28. The summed E-state index contributed by atoms with van der Waals surface area (Å²) in [5.41, 5.74) is 0.356. The van der Waals surface area contributed by atoms with E-state index >= 15 is 0 Å². The molecule has 0 radical (unpaired) electrons. The van der Waals surface area contributed by atoms with Gasteiger partial charge in [0.1, 0.15) is 10.7 Å². The minimum absolute atomic E-state index is 0.0880. The van der Waals surface area contributed by atoms with Crippen LogP contribution in [0.15, 0.2) is 40.4 Å². The van der Waals surface area contributed by atoms with Gasteiger partial charge in [-0.2, -0.15) is 0 Å². The summed E-state index contributed by atoms with van der Waals surface area (Å²) in [5.74, 6) is -0.664. The van der Waals surface area contributed by atoms with Gasteiger partial charge < -0.3 is 10.1 Å². The normalized spacial score (nSPS) is 11.9. The lowest BCUT2D eigenvalue weighted by Crippen LogP contribution is -2.30. The fourth-order valence-electron chi connectivity index (χ4n) is 2.09. The maximum atomic E-state index is 12.5. The van der Waals surface area contributed by atoms with Gasteiger partial charge in [-0.25, -0.2) is 4.98 Å². The number of thiophene rings is 2. The predicted octanol–water partition coefficient (Wildman–Crippen LogP) is 3.97. The standard InChI is InChI=1S/C16H14N2O3S3/c1-21-14(19)8-10(12-4-2-6-22-12)17-15(20)11-9-24-16(18-11)13-5-3-7-23-13/h2-7,9-10H,8H2,1H3,(H,17,20). The van der Waals surface area contributed by atoms with E-state index in [0.717, 1.165) is 14.8 Å². The second-order valence-corrected chi connectivity index (χ2v) is 7.62. The third kappa shape index (κ3) is 3.89. The lowest BCUT2D eigenvalue weighted by molar-refractivity contribution is -0.141. The van der Waals surface area contributed by atoms with E-state index in [9.17, 15) is 9.59 Å². The average molecular weight is 379 g/mol. The fraction of sp³-hybridized carbons (Fsp3) is 0.188. The minimum atomic E-state index is -0.420. The number of nitrogens with one attached hydrogen (secondary N) is 1. The Morgan fingerprint density at radius 3 is 2.67 bits per heavy atom. The van der Waals surface area contributed by atoms with E-state index in [0.29, 0.717) is 5.69 Å². The molecule has 1 unspecified atom stereocenters. The van der Waals surface area contributed by atoms with Gasteiger partial charge in [-0.15, -0.1) is 34.0 Å². The van der Waals surface area contributed by atoms with Crippen molar-refractivity contribution in [3.8, 4) is 9.88 Å². The maximum absolute atomic E-state index is 12.5. The molecule has 0 aliphatic rings. The van der Waals surface area contributed by atoms with Gasteiger partial charge in [0, 0.05) is 10.3 Å². The van der Waals surface area contributed by atoms with Gasteiger partial charge in [-0.05, 0) is 22.9 Å². The molecule has 0 bridgehead atoms. The monoisotopic (exact) mass is 378 g/mol. The molecular weight excluding hydrogens is 364 g/mol. The van der Waals surface area contributed by atoms with Crippen molar-refractivity contribution in [2.24, 2.45) is 0 Å². The highest BCUT2D eigenvalue weighted by molar-refractivity contribution is 7.20. The van der Waals surface area contributed by atoms with E-state index < -0.39 is 6.04 Å². The van der Waals surface area contributed by atoms with Gasteiger partial charge in [0.15, 0.2) is 0 Å². The average Bonchev–Trinajstić information content (AvgIpc) is 3.35. The second kappa shape index (κ2) is 7.69. The minimum Gasteiger partial charge on any atom is -0.469 e. The number of methoxy groups -OCH3 is 1. The van der Waals surface area contributed by atoms with Crippen molar-refractivity contribution in [3.05, 3.63) is 51.0 Å². The van der Waals surface area contributed by atoms with Gasteiger partial charge in [0.05, 0.1) is 24.4 Å². The molecule has 3 heterocycles. The molecule has 0 saturated carbocycles. The van der Waals surface area contributed by atoms with Crippen LogP contribution in [0.4, 0.5) is 0 Å².